The first-order valence-electron chi connectivity index (χ1n) is 9.59. The topological polar surface area (TPSA) is 70.1 Å². The van der Waals surface area contributed by atoms with Crippen molar-refractivity contribution in [3.63, 3.8) is 0 Å². The first kappa shape index (κ1) is 21.1. The molecule has 1 amide bonds. The molecule has 0 spiro atoms. The number of benzene rings is 2. The van der Waals surface area contributed by atoms with Gasteiger partial charge in [0.15, 0.2) is 0 Å². The third kappa shape index (κ3) is 4.86. The summed E-state index contributed by atoms with van der Waals surface area (Å²) < 4.78 is 7.55. The molecule has 0 saturated heterocycles. The van der Waals surface area contributed by atoms with E-state index in [1.54, 1.807) is 0 Å². The van der Waals surface area contributed by atoms with E-state index >= 15 is 0 Å². The number of carbonyl (C=O) groups is 1. The summed E-state index contributed by atoms with van der Waals surface area (Å²) in [5, 5.41) is 0.647. The second-order valence-electron chi connectivity index (χ2n) is 7.44. The molecule has 5 nitrogen and oxygen atoms in total. The van der Waals surface area contributed by atoms with Crippen molar-refractivity contribution >= 4 is 17.5 Å². The second kappa shape index (κ2) is 9.25. The monoisotopic (exact) mass is 411 g/mol. The highest BCUT2D eigenvalue weighted by molar-refractivity contribution is 6.30. The smallest absolute Gasteiger partial charge is 0.247 e. The molecule has 0 fully saturated rings. The fourth-order valence-corrected chi connectivity index (χ4v) is 3.80. The van der Waals surface area contributed by atoms with Gasteiger partial charge in [0.2, 0.25) is 5.91 Å². The zero-order valence-corrected chi connectivity index (χ0v) is 17.6. The molecular weight excluding hydrogens is 386 g/mol. The van der Waals surface area contributed by atoms with Crippen molar-refractivity contribution in [3.8, 4) is 11.3 Å². The Balaban J connectivity index is 2.12. The lowest BCUT2D eigenvalue weighted by molar-refractivity contribution is -0.129. The van der Waals surface area contributed by atoms with Crippen LogP contribution in [0.15, 0.2) is 60.8 Å². The Morgan fingerprint density at radius 1 is 1.17 bits per heavy atom. The molecule has 0 radical (unpaired) electrons. The molecular formula is C23H26ClN3O2. The van der Waals surface area contributed by atoms with E-state index in [0.29, 0.717) is 11.6 Å². The molecule has 1 unspecified atom stereocenters. The first-order chi connectivity index (χ1) is 13.9. The molecule has 1 heterocycles. The van der Waals surface area contributed by atoms with Crippen molar-refractivity contribution in [2.24, 2.45) is 11.7 Å². The minimum absolute atomic E-state index is 0.0941. The van der Waals surface area contributed by atoms with Gasteiger partial charge in [-0.25, -0.2) is 4.98 Å². The van der Waals surface area contributed by atoms with Crippen molar-refractivity contribution in [2.45, 2.75) is 32.4 Å². The summed E-state index contributed by atoms with van der Waals surface area (Å²) in [6.07, 6.45) is 1.23. The molecule has 6 heteroatoms. The molecule has 0 aliphatic carbocycles. The molecule has 0 aliphatic heterocycles. The molecule has 152 valence electrons. The first-order valence-corrected chi connectivity index (χ1v) is 9.97. The number of ether oxygens (including phenoxy) is 1. The Morgan fingerprint density at radius 3 is 2.48 bits per heavy atom. The number of rotatable bonds is 8. The van der Waals surface area contributed by atoms with Crippen LogP contribution in [0.5, 0.6) is 0 Å². The summed E-state index contributed by atoms with van der Waals surface area (Å²) in [5.41, 5.74) is 8.50. The van der Waals surface area contributed by atoms with Crippen molar-refractivity contribution < 1.29 is 9.53 Å². The Bertz CT molecular complexity index is 969. The lowest BCUT2D eigenvalue weighted by atomic mass is 9.88. The van der Waals surface area contributed by atoms with Crippen molar-refractivity contribution in [3.05, 3.63) is 77.2 Å². The largest absolute Gasteiger partial charge is 0.371 e. The van der Waals surface area contributed by atoms with Crippen LogP contribution in [0.3, 0.4) is 0 Å². The number of nitrogens with two attached hydrogens (primary N) is 1. The Hall–Kier alpha value is -2.63. The minimum atomic E-state index is -0.765. The van der Waals surface area contributed by atoms with Crippen LogP contribution < -0.4 is 5.73 Å². The van der Waals surface area contributed by atoms with E-state index in [9.17, 15) is 4.79 Å². The predicted octanol–water partition coefficient (Wildman–Crippen LogP) is 4.49. The molecule has 3 rings (SSSR count). The maximum absolute atomic E-state index is 12.1. The van der Waals surface area contributed by atoms with Crippen LogP contribution in [0.1, 0.15) is 31.2 Å². The number of nitrogens with zero attached hydrogens (tertiary/aromatic N) is 2. The summed E-state index contributed by atoms with van der Waals surface area (Å²) in [6, 6.07) is 17.7. The number of imidazole rings is 1. The van der Waals surface area contributed by atoms with Gasteiger partial charge in [-0.05, 0) is 23.6 Å². The van der Waals surface area contributed by atoms with Gasteiger partial charge in [-0.15, -0.1) is 0 Å². The highest BCUT2D eigenvalue weighted by Crippen LogP contribution is 2.32. The van der Waals surface area contributed by atoms with Crippen LogP contribution in [0, 0.1) is 5.92 Å². The Kier molecular flexibility index (Phi) is 6.72. The van der Waals surface area contributed by atoms with Crippen LogP contribution >= 0.6 is 11.6 Å². The highest BCUT2D eigenvalue weighted by Gasteiger charge is 2.34. The van der Waals surface area contributed by atoms with Gasteiger partial charge >= 0.3 is 0 Å². The van der Waals surface area contributed by atoms with E-state index in [4.69, 9.17) is 27.1 Å². The molecule has 2 aromatic carbocycles. The number of carbonyl (C=O) groups excluding carboxylic acids is 1. The zero-order valence-electron chi connectivity index (χ0n) is 16.9. The van der Waals surface area contributed by atoms with E-state index in [1.165, 1.54) is 7.11 Å². The standard InChI is InChI=1S/C23H26ClN3O2/c1-15(2)20(21(29-3)22(25)28)23-26-19(17-10-7-11-18(24)12-17)14-27(23)13-16-8-5-4-6-9-16/h4-12,14-15,20-21H,13H2,1-3H3,(H2,25,28)/t20-,21?/m0/s1. The van der Waals surface area contributed by atoms with E-state index in [0.717, 1.165) is 22.6 Å². The van der Waals surface area contributed by atoms with Gasteiger partial charge in [-0.2, -0.15) is 0 Å². The SMILES string of the molecule is COC(C(N)=O)[C@@H](c1nc(-c2cccc(Cl)c2)cn1Cc1ccccc1)C(C)C. The number of aromatic nitrogens is 2. The molecule has 0 aliphatic rings. The third-order valence-electron chi connectivity index (χ3n) is 5.00. The van der Waals surface area contributed by atoms with E-state index in [1.807, 2.05) is 62.5 Å². The second-order valence-corrected chi connectivity index (χ2v) is 7.87. The fourth-order valence-electron chi connectivity index (χ4n) is 3.61. The van der Waals surface area contributed by atoms with Crippen LogP contribution in [-0.2, 0) is 16.1 Å². The number of amides is 1. The van der Waals surface area contributed by atoms with E-state index < -0.39 is 12.0 Å². The van der Waals surface area contributed by atoms with Crippen LogP contribution in [0.25, 0.3) is 11.3 Å². The average Bonchev–Trinajstić information content (AvgIpc) is 3.09. The lowest BCUT2D eigenvalue weighted by Crippen LogP contribution is -2.39. The summed E-state index contributed by atoms with van der Waals surface area (Å²) in [7, 11) is 1.51. The maximum atomic E-state index is 12.1. The summed E-state index contributed by atoms with van der Waals surface area (Å²) in [5.74, 6) is 0.0833. The lowest BCUT2D eigenvalue weighted by Gasteiger charge is -2.27. The molecule has 3 aromatic rings. The maximum Gasteiger partial charge on any atom is 0.247 e. The molecule has 1 aromatic heterocycles. The zero-order chi connectivity index (χ0) is 21.0. The molecule has 2 N–H and O–H groups in total. The number of hydrogen-bond donors (Lipinski definition) is 1. The number of hydrogen-bond acceptors (Lipinski definition) is 3. The number of methoxy groups -OCH3 is 1. The van der Waals surface area contributed by atoms with Gasteiger partial charge < -0.3 is 15.0 Å². The quantitative estimate of drug-likeness (QED) is 0.593. The fraction of sp³-hybridized carbons (Fsp3) is 0.304. The van der Waals surface area contributed by atoms with Gasteiger partial charge in [0.1, 0.15) is 11.9 Å². The normalized spacial score (nSPS) is 13.4. The summed E-state index contributed by atoms with van der Waals surface area (Å²) in [6.45, 7) is 4.71. The molecule has 2 atom stereocenters. The van der Waals surface area contributed by atoms with Crippen LogP contribution in [0.2, 0.25) is 5.02 Å². The van der Waals surface area contributed by atoms with Crippen molar-refractivity contribution in [2.75, 3.05) is 7.11 Å². The van der Waals surface area contributed by atoms with Gasteiger partial charge in [-0.3, -0.25) is 4.79 Å². The van der Waals surface area contributed by atoms with Crippen molar-refractivity contribution in [1.29, 1.82) is 0 Å². The summed E-state index contributed by atoms with van der Waals surface area (Å²) in [4.78, 5) is 17.0. The van der Waals surface area contributed by atoms with Crippen molar-refractivity contribution in [1.82, 2.24) is 9.55 Å². The number of halogens is 1. The van der Waals surface area contributed by atoms with E-state index in [2.05, 4.69) is 16.7 Å². The van der Waals surface area contributed by atoms with Gasteiger partial charge in [0, 0.05) is 30.4 Å². The third-order valence-corrected chi connectivity index (χ3v) is 5.24. The van der Waals surface area contributed by atoms with Crippen LogP contribution in [-0.4, -0.2) is 28.7 Å². The molecule has 0 bridgehead atoms. The average molecular weight is 412 g/mol. The van der Waals surface area contributed by atoms with Gasteiger partial charge in [0.25, 0.3) is 0 Å². The van der Waals surface area contributed by atoms with Gasteiger partial charge in [0.05, 0.1) is 11.6 Å². The van der Waals surface area contributed by atoms with Crippen LogP contribution in [0.4, 0.5) is 0 Å². The number of primary amides is 1. The Labute approximate surface area is 176 Å². The minimum Gasteiger partial charge on any atom is -0.371 e. The highest BCUT2D eigenvalue weighted by atomic mass is 35.5. The predicted molar refractivity (Wildman–Crippen MR) is 116 cm³/mol. The van der Waals surface area contributed by atoms with E-state index in [-0.39, 0.29) is 11.8 Å². The van der Waals surface area contributed by atoms with Gasteiger partial charge in [-0.1, -0.05) is 67.9 Å². The Morgan fingerprint density at radius 2 is 1.90 bits per heavy atom. The summed E-state index contributed by atoms with van der Waals surface area (Å²) >= 11 is 6.18. The molecule has 29 heavy (non-hydrogen) atoms. The molecule has 0 saturated carbocycles.